The fourth-order valence-corrected chi connectivity index (χ4v) is 2.76. The van der Waals surface area contributed by atoms with E-state index in [-0.39, 0.29) is 17.5 Å². The Kier molecular flexibility index (Phi) is 1.77. The molecule has 1 aromatic carbocycles. The van der Waals surface area contributed by atoms with Gasteiger partial charge in [-0.05, 0) is 24.0 Å². The van der Waals surface area contributed by atoms with Gasteiger partial charge < -0.3 is 5.32 Å². The van der Waals surface area contributed by atoms with Crippen LogP contribution in [0.25, 0.3) is 0 Å². The molecule has 1 spiro atoms. The zero-order valence-electron chi connectivity index (χ0n) is 9.06. The van der Waals surface area contributed by atoms with Crippen molar-refractivity contribution in [2.24, 2.45) is 5.92 Å². The van der Waals surface area contributed by atoms with Gasteiger partial charge in [-0.15, -0.1) is 0 Å². The Labute approximate surface area is 95.8 Å². The third kappa shape index (κ3) is 1.19. The predicted octanol–water partition coefficient (Wildman–Crippen LogP) is 2.94. The number of rotatable bonds is 0. The Morgan fingerprint density at radius 3 is 2.59 bits per heavy atom. The molecule has 0 aromatic heterocycles. The van der Waals surface area contributed by atoms with Gasteiger partial charge in [-0.3, -0.25) is 4.79 Å². The molecule has 1 heterocycles. The summed E-state index contributed by atoms with van der Waals surface area (Å²) >= 11 is 0. The molecule has 17 heavy (non-hydrogen) atoms. The van der Waals surface area contributed by atoms with Crippen molar-refractivity contribution in [3.05, 3.63) is 29.3 Å². The molecule has 1 fully saturated rings. The number of hydrogen-bond acceptors (Lipinski definition) is 1. The largest absolute Gasteiger partial charge is 0.418 e. The average Bonchev–Trinajstić information content (AvgIpc) is 2.81. The number of alkyl halides is 3. The van der Waals surface area contributed by atoms with Gasteiger partial charge in [0.1, 0.15) is 0 Å². The Hall–Kier alpha value is -1.52. The van der Waals surface area contributed by atoms with E-state index in [1.54, 1.807) is 6.07 Å². The predicted molar refractivity (Wildman–Crippen MR) is 55.5 cm³/mol. The molecule has 1 saturated carbocycles. The fraction of sp³-hybridized carbons (Fsp3) is 0.417. The molecule has 2 aliphatic rings. The molecular formula is C12H10F3NO. The number of hydrogen-bond donors (Lipinski definition) is 1. The van der Waals surface area contributed by atoms with Gasteiger partial charge in [-0.2, -0.15) is 13.2 Å². The first kappa shape index (κ1) is 10.6. The Bertz CT molecular complexity index is 523. The lowest BCUT2D eigenvalue weighted by Crippen LogP contribution is -2.20. The molecule has 1 amide bonds. The van der Waals surface area contributed by atoms with Gasteiger partial charge in [0.15, 0.2) is 0 Å². The third-order valence-electron chi connectivity index (χ3n) is 3.80. The monoisotopic (exact) mass is 241 g/mol. The maximum Gasteiger partial charge on any atom is 0.418 e. The van der Waals surface area contributed by atoms with E-state index in [2.05, 4.69) is 5.32 Å². The van der Waals surface area contributed by atoms with Crippen LogP contribution in [0.5, 0.6) is 0 Å². The smallest absolute Gasteiger partial charge is 0.324 e. The van der Waals surface area contributed by atoms with Crippen molar-refractivity contribution in [3.8, 4) is 0 Å². The molecule has 2 nitrogen and oxygen atoms in total. The first-order valence-electron chi connectivity index (χ1n) is 5.39. The van der Waals surface area contributed by atoms with Gasteiger partial charge in [0.05, 0.1) is 16.7 Å². The fourth-order valence-electron chi connectivity index (χ4n) is 2.76. The minimum Gasteiger partial charge on any atom is -0.324 e. The van der Waals surface area contributed by atoms with Crippen molar-refractivity contribution in [2.45, 2.75) is 24.9 Å². The minimum absolute atomic E-state index is 0.0469. The third-order valence-corrected chi connectivity index (χ3v) is 3.80. The number of benzene rings is 1. The van der Waals surface area contributed by atoms with Crippen molar-refractivity contribution in [1.82, 2.24) is 0 Å². The second-order valence-electron chi connectivity index (χ2n) is 4.76. The molecular weight excluding hydrogens is 231 g/mol. The topological polar surface area (TPSA) is 29.1 Å². The molecule has 0 radical (unpaired) electrons. The van der Waals surface area contributed by atoms with Gasteiger partial charge in [0.2, 0.25) is 5.91 Å². The van der Waals surface area contributed by atoms with Crippen LogP contribution in [-0.4, -0.2) is 5.91 Å². The van der Waals surface area contributed by atoms with Crippen LogP contribution in [0.1, 0.15) is 24.5 Å². The van der Waals surface area contributed by atoms with Crippen LogP contribution in [0.15, 0.2) is 18.2 Å². The molecule has 2 unspecified atom stereocenters. The standard InChI is InChI=1S/C12H10F3NO/c1-6-5-11(6)7-3-2-4-8(12(13,14)15)9(7)16-10(11)17/h2-4,6H,5H2,1H3,(H,16,17). The van der Waals surface area contributed by atoms with Crippen LogP contribution in [0.2, 0.25) is 0 Å². The number of halogens is 3. The van der Waals surface area contributed by atoms with Crippen LogP contribution in [0.4, 0.5) is 18.9 Å². The maximum absolute atomic E-state index is 12.8. The highest BCUT2D eigenvalue weighted by Gasteiger charge is 2.63. The van der Waals surface area contributed by atoms with Gasteiger partial charge in [-0.1, -0.05) is 19.1 Å². The van der Waals surface area contributed by atoms with Crippen LogP contribution >= 0.6 is 0 Å². The molecule has 2 atom stereocenters. The number of para-hydroxylation sites is 1. The van der Waals surface area contributed by atoms with E-state index in [0.29, 0.717) is 12.0 Å². The van der Waals surface area contributed by atoms with Crippen molar-refractivity contribution < 1.29 is 18.0 Å². The van der Waals surface area contributed by atoms with Crippen LogP contribution in [-0.2, 0) is 16.4 Å². The number of nitrogens with one attached hydrogen (secondary N) is 1. The lowest BCUT2D eigenvalue weighted by Gasteiger charge is -2.11. The number of anilines is 1. The van der Waals surface area contributed by atoms with Gasteiger partial charge in [0.25, 0.3) is 0 Å². The normalized spacial score (nSPS) is 30.4. The molecule has 0 saturated heterocycles. The first-order chi connectivity index (χ1) is 7.87. The maximum atomic E-state index is 12.8. The summed E-state index contributed by atoms with van der Waals surface area (Å²) in [6.07, 6.45) is -3.80. The summed E-state index contributed by atoms with van der Waals surface area (Å²) in [4.78, 5) is 11.8. The lowest BCUT2D eigenvalue weighted by molar-refractivity contribution is -0.136. The summed E-state index contributed by atoms with van der Waals surface area (Å²) < 4.78 is 38.4. The van der Waals surface area contributed by atoms with Crippen LogP contribution < -0.4 is 5.32 Å². The zero-order chi connectivity index (χ0) is 12.4. The van der Waals surface area contributed by atoms with E-state index in [4.69, 9.17) is 0 Å². The van der Waals surface area contributed by atoms with E-state index in [9.17, 15) is 18.0 Å². The van der Waals surface area contributed by atoms with Crippen molar-refractivity contribution in [1.29, 1.82) is 0 Å². The summed E-state index contributed by atoms with van der Waals surface area (Å²) in [5.41, 5.74) is -0.991. The average molecular weight is 241 g/mol. The SMILES string of the molecule is CC1CC12C(=O)Nc1c(C(F)(F)F)cccc12. The molecule has 0 bridgehead atoms. The second-order valence-corrected chi connectivity index (χ2v) is 4.76. The van der Waals surface area contributed by atoms with E-state index < -0.39 is 17.2 Å². The number of fused-ring (bicyclic) bond motifs is 2. The summed E-state index contributed by atoms with van der Waals surface area (Å²) in [7, 11) is 0. The zero-order valence-corrected chi connectivity index (χ0v) is 9.06. The van der Waals surface area contributed by atoms with Crippen molar-refractivity contribution >= 4 is 11.6 Å². The van der Waals surface area contributed by atoms with Crippen LogP contribution in [0, 0.1) is 5.92 Å². The molecule has 1 aromatic rings. The highest BCUT2D eigenvalue weighted by Crippen LogP contribution is 2.61. The number of carbonyl (C=O) groups excluding carboxylic acids is 1. The highest BCUT2D eigenvalue weighted by molar-refractivity contribution is 6.09. The minimum atomic E-state index is -4.43. The molecule has 1 aliphatic carbocycles. The Morgan fingerprint density at radius 2 is 2.06 bits per heavy atom. The van der Waals surface area contributed by atoms with E-state index in [0.717, 1.165) is 6.07 Å². The van der Waals surface area contributed by atoms with Crippen molar-refractivity contribution in [2.75, 3.05) is 5.32 Å². The summed E-state index contributed by atoms with van der Waals surface area (Å²) in [5, 5.41) is 2.40. The summed E-state index contributed by atoms with van der Waals surface area (Å²) in [6, 6.07) is 3.99. The quantitative estimate of drug-likeness (QED) is 0.743. The summed E-state index contributed by atoms with van der Waals surface area (Å²) in [5.74, 6) is -0.177. The first-order valence-corrected chi connectivity index (χ1v) is 5.39. The second kappa shape index (κ2) is 2.83. The van der Waals surface area contributed by atoms with Crippen molar-refractivity contribution in [3.63, 3.8) is 0 Å². The van der Waals surface area contributed by atoms with Crippen LogP contribution in [0.3, 0.4) is 0 Å². The lowest BCUT2D eigenvalue weighted by atomic mass is 9.93. The molecule has 3 rings (SSSR count). The Balaban J connectivity index is 2.20. The van der Waals surface area contributed by atoms with Gasteiger partial charge in [-0.25, -0.2) is 0 Å². The Morgan fingerprint density at radius 1 is 1.41 bits per heavy atom. The van der Waals surface area contributed by atoms with E-state index in [1.165, 1.54) is 6.07 Å². The molecule has 90 valence electrons. The molecule has 1 N–H and O–H groups in total. The molecule has 5 heteroatoms. The van der Waals surface area contributed by atoms with Gasteiger partial charge in [0, 0.05) is 0 Å². The number of carbonyl (C=O) groups is 1. The van der Waals surface area contributed by atoms with E-state index >= 15 is 0 Å². The number of amides is 1. The summed E-state index contributed by atoms with van der Waals surface area (Å²) in [6.45, 7) is 1.88. The van der Waals surface area contributed by atoms with E-state index in [1.807, 2.05) is 6.92 Å². The van der Waals surface area contributed by atoms with Gasteiger partial charge >= 0.3 is 6.18 Å². The molecule has 1 aliphatic heterocycles. The highest BCUT2D eigenvalue weighted by atomic mass is 19.4.